The minimum atomic E-state index is -0.238. The van der Waals surface area contributed by atoms with Gasteiger partial charge in [-0.05, 0) is 37.5 Å². The Balaban J connectivity index is 0.00000144. The Hall–Kier alpha value is -1.01. The number of carbonyl (C=O) groups is 1. The van der Waals surface area contributed by atoms with Gasteiger partial charge < -0.3 is 20.3 Å². The highest BCUT2D eigenvalue weighted by molar-refractivity contribution is 5.85. The first-order valence-electron chi connectivity index (χ1n) is 8.20. The van der Waals surface area contributed by atoms with Crippen LogP contribution in [0.5, 0.6) is 0 Å². The molecule has 1 amide bonds. The van der Waals surface area contributed by atoms with E-state index in [1.807, 2.05) is 6.92 Å². The van der Waals surface area contributed by atoms with E-state index >= 15 is 0 Å². The van der Waals surface area contributed by atoms with Crippen molar-refractivity contribution in [1.82, 2.24) is 10.6 Å². The molecule has 0 saturated carbocycles. The average Bonchev–Trinajstić information content (AvgIpc) is 3.10. The van der Waals surface area contributed by atoms with Crippen molar-refractivity contribution >= 4 is 36.4 Å². The lowest BCUT2D eigenvalue weighted by molar-refractivity contribution is -0.126. The van der Waals surface area contributed by atoms with Crippen molar-refractivity contribution < 1.29 is 9.53 Å². The number of anilines is 1. The number of carbonyl (C=O) groups excluding carboxylic acids is 1. The van der Waals surface area contributed by atoms with Crippen molar-refractivity contribution in [3.05, 3.63) is 29.8 Å². The van der Waals surface area contributed by atoms with Crippen LogP contribution in [0.15, 0.2) is 24.3 Å². The number of ether oxygens (including phenoxy) is 1. The van der Waals surface area contributed by atoms with Crippen molar-refractivity contribution in [1.29, 1.82) is 0 Å². The van der Waals surface area contributed by atoms with Crippen molar-refractivity contribution in [2.75, 3.05) is 37.7 Å². The molecule has 2 heterocycles. The molecule has 0 aliphatic carbocycles. The van der Waals surface area contributed by atoms with E-state index < -0.39 is 0 Å². The van der Waals surface area contributed by atoms with Gasteiger partial charge in [-0.2, -0.15) is 0 Å². The van der Waals surface area contributed by atoms with Crippen molar-refractivity contribution in [3.63, 3.8) is 0 Å². The molecule has 1 aromatic rings. The number of hydrogen-bond donors (Lipinski definition) is 2. The van der Waals surface area contributed by atoms with Gasteiger partial charge in [0.25, 0.3) is 0 Å². The van der Waals surface area contributed by atoms with Gasteiger partial charge in [0, 0.05) is 25.3 Å². The Morgan fingerprint density at radius 3 is 2.75 bits per heavy atom. The Labute approximate surface area is 156 Å². The van der Waals surface area contributed by atoms with Gasteiger partial charge in [0.15, 0.2) is 0 Å². The molecule has 2 fully saturated rings. The van der Waals surface area contributed by atoms with E-state index in [2.05, 4.69) is 39.8 Å². The molecule has 136 valence electrons. The maximum atomic E-state index is 12.3. The second-order valence-corrected chi connectivity index (χ2v) is 6.10. The molecular formula is C17H27Cl2N3O2. The monoisotopic (exact) mass is 375 g/mol. The molecule has 24 heavy (non-hydrogen) atoms. The lowest BCUT2D eigenvalue weighted by Crippen LogP contribution is -2.51. The van der Waals surface area contributed by atoms with Crippen LogP contribution in [0.4, 0.5) is 5.69 Å². The molecule has 5 nitrogen and oxygen atoms in total. The second-order valence-electron chi connectivity index (χ2n) is 6.10. The van der Waals surface area contributed by atoms with Crippen molar-refractivity contribution in [3.8, 4) is 0 Å². The number of rotatable bonds is 4. The summed E-state index contributed by atoms with van der Waals surface area (Å²) in [6, 6.07) is 8.26. The predicted molar refractivity (Wildman–Crippen MR) is 102 cm³/mol. The maximum Gasteiger partial charge on any atom is 0.240 e. The fourth-order valence-electron chi connectivity index (χ4n) is 3.10. The van der Waals surface area contributed by atoms with Crippen LogP contribution in [0.1, 0.15) is 31.4 Å². The average molecular weight is 376 g/mol. The Kier molecular flexibility index (Phi) is 8.84. The third-order valence-electron chi connectivity index (χ3n) is 4.44. The Morgan fingerprint density at radius 2 is 2.08 bits per heavy atom. The molecule has 0 radical (unpaired) electrons. The van der Waals surface area contributed by atoms with Gasteiger partial charge >= 0.3 is 0 Å². The second kappa shape index (κ2) is 10.1. The summed E-state index contributed by atoms with van der Waals surface area (Å²) in [5, 5.41) is 6.27. The third kappa shape index (κ3) is 5.24. The summed E-state index contributed by atoms with van der Waals surface area (Å²) in [5.41, 5.74) is 2.41. The van der Waals surface area contributed by atoms with Crippen molar-refractivity contribution in [2.45, 2.75) is 31.8 Å². The number of hydrogen-bond acceptors (Lipinski definition) is 4. The summed E-state index contributed by atoms with van der Waals surface area (Å²) in [6.45, 7) is 6.16. The topological polar surface area (TPSA) is 53.6 Å². The molecule has 1 aromatic carbocycles. The summed E-state index contributed by atoms with van der Waals surface area (Å²) < 4.78 is 5.35. The van der Waals surface area contributed by atoms with Gasteiger partial charge in [-0.15, -0.1) is 24.8 Å². The van der Waals surface area contributed by atoms with E-state index in [0.29, 0.717) is 13.2 Å². The molecule has 0 bridgehead atoms. The van der Waals surface area contributed by atoms with Gasteiger partial charge in [0.1, 0.15) is 6.04 Å². The number of nitrogens with one attached hydrogen (secondary N) is 2. The molecule has 0 spiro atoms. The van der Waals surface area contributed by atoms with Gasteiger partial charge in [-0.25, -0.2) is 0 Å². The fourth-order valence-corrected chi connectivity index (χ4v) is 3.10. The molecule has 3 rings (SSSR count). The molecule has 2 N–H and O–H groups in total. The van der Waals surface area contributed by atoms with E-state index in [1.54, 1.807) is 0 Å². The first-order valence-corrected chi connectivity index (χ1v) is 8.20. The molecule has 7 heteroatoms. The molecule has 2 saturated heterocycles. The number of morpholine rings is 1. The minimum absolute atomic E-state index is 0. The Morgan fingerprint density at radius 1 is 1.33 bits per heavy atom. The summed E-state index contributed by atoms with van der Waals surface area (Å²) in [5.74, 6) is 0.0128. The van der Waals surface area contributed by atoms with E-state index in [-0.39, 0.29) is 42.8 Å². The van der Waals surface area contributed by atoms with E-state index in [0.717, 1.165) is 25.2 Å². The number of nitrogens with zero attached hydrogens (tertiary/aromatic N) is 1. The van der Waals surface area contributed by atoms with Crippen molar-refractivity contribution in [2.24, 2.45) is 0 Å². The van der Waals surface area contributed by atoms with E-state index in [9.17, 15) is 4.79 Å². The fraction of sp³-hybridized carbons (Fsp3) is 0.588. The van der Waals surface area contributed by atoms with E-state index in [4.69, 9.17) is 4.74 Å². The summed E-state index contributed by atoms with van der Waals surface area (Å²) in [4.78, 5) is 14.7. The third-order valence-corrected chi connectivity index (χ3v) is 4.44. The minimum Gasteiger partial charge on any atom is -0.378 e. The van der Waals surface area contributed by atoms with Crippen LogP contribution in [0, 0.1) is 0 Å². The zero-order chi connectivity index (χ0) is 15.4. The van der Waals surface area contributed by atoms with Gasteiger partial charge in [0.2, 0.25) is 5.91 Å². The Bertz CT molecular complexity index is 518. The number of benzene rings is 1. The predicted octanol–water partition coefficient (Wildman–Crippen LogP) is 2.30. The summed E-state index contributed by atoms with van der Waals surface area (Å²) >= 11 is 0. The number of amides is 1. The molecular weight excluding hydrogens is 349 g/mol. The van der Waals surface area contributed by atoms with Gasteiger partial charge in [0.05, 0.1) is 19.3 Å². The first-order chi connectivity index (χ1) is 10.7. The highest BCUT2D eigenvalue weighted by atomic mass is 35.5. The molecule has 2 atom stereocenters. The van der Waals surface area contributed by atoms with E-state index in [1.165, 1.54) is 18.5 Å². The zero-order valence-electron chi connectivity index (χ0n) is 14.0. The lowest BCUT2D eigenvalue weighted by atomic mass is 10.1. The smallest absolute Gasteiger partial charge is 0.240 e. The summed E-state index contributed by atoms with van der Waals surface area (Å²) in [6.07, 6.45) is 2.54. The van der Waals surface area contributed by atoms with Crippen LogP contribution in [-0.4, -0.2) is 44.8 Å². The lowest BCUT2D eigenvalue weighted by Gasteiger charge is -2.25. The van der Waals surface area contributed by atoms with Crippen LogP contribution in [0.3, 0.4) is 0 Å². The highest BCUT2D eigenvalue weighted by Gasteiger charge is 2.23. The van der Waals surface area contributed by atoms with Crippen LogP contribution >= 0.6 is 24.8 Å². The van der Waals surface area contributed by atoms with Crippen LogP contribution in [0.25, 0.3) is 0 Å². The van der Waals surface area contributed by atoms with Crippen LogP contribution < -0.4 is 15.5 Å². The first kappa shape index (κ1) is 21.0. The molecule has 0 aromatic heterocycles. The highest BCUT2D eigenvalue weighted by Crippen LogP contribution is 2.24. The van der Waals surface area contributed by atoms with Gasteiger partial charge in [-0.3, -0.25) is 4.79 Å². The normalized spacial score (nSPS) is 21.4. The maximum absolute atomic E-state index is 12.3. The van der Waals surface area contributed by atoms with Crippen LogP contribution in [-0.2, 0) is 9.53 Å². The zero-order valence-corrected chi connectivity index (χ0v) is 15.6. The molecule has 2 aliphatic heterocycles. The molecule has 2 aliphatic rings. The summed E-state index contributed by atoms with van der Waals surface area (Å²) in [7, 11) is 0. The largest absolute Gasteiger partial charge is 0.378 e. The van der Waals surface area contributed by atoms with Gasteiger partial charge in [-0.1, -0.05) is 12.1 Å². The quantitative estimate of drug-likeness (QED) is 0.847. The standard InChI is InChI=1S/C17H25N3O2.2ClH/c1-13(19-17(21)16-12-22-10-7-18-16)14-5-4-6-15(11-14)20-8-2-3-9-20;;/h4-6,11,13,16,18H,2-3,7-10,12H2,1H3,(H,19,21);2*1H. The number of halogens is 2. The van der Waals surface area contributed by atoms with Crippen LogP contribution in [0.2, 0.25) is 0 Å². The SMILES string of the molecule is CC(NC(=O)C1COCCN1)c1cccc(N2CCCC2)c1.Cl.Cl. The molecule has 2 unspecified atom stereocenters.